The van der Waals surface area contributed by atoms with Crippen molar-refractivity contribution in [3.8, 4) is 0 Å². The molecule has 1 saturated carbocycles. The molecule has 0 saturated heterocycles. The summed E-state index contributed by atoms with van der Waals surface area (Å²) in [7, 11) is 0. The molecule has 1 aromatic carbocycles. The summed E-state index contributed by atoms with van der Waals surface area (Å²) in [6, 6.07) is 9.16. The molecule has 0 aliphatic heterocycles. The van der Waals surface area contributed by atoms with Crippen LogP contribution in [0.4, 0.5) is 0 Å². The fraction of sp³-hybridized carbons (Fsp3) is 0.692. The molecule has 159 valence electrons. The molecule has 29 heavy (non-hydrogen) atoms. The molecule has 3 heteroatoms. The molecule has 1 aliphatic carbocycles. The molecule has 0 heterocycles. The Balaban J connectivity index is 0.00000420. The number of rotatable bonds is 11. The summed E-state index contributed by atoms with van der Waals surface area (Å²) >= 11 is 0. The van der Waals surface area contributed by atoms with E-state index in [2.05, 4.69) is 56.8 Å². The van der Waals surface area contributed by atoms with Crippen LogP contribution in [0.2, 0.25) is 0 Å². The molecule has 2 rings (SSSR count). The van der Waals surface area contributed by atoms with Gasteiger partial charge in [0, 0.05) is 50.5 Å². The smallest absolute Gasteiger partial charge is 0.227 e. The molecular weight excluding hydrogens is 431 g/mol. The number of nitrogens with zero attached hydrogens (tertiary/aromatic N) is 1. The third-order valence-electron chi connectivity index (χ3n) is 6.98. The summed E-state index contributed by atoms with van der Waals surface area (Å²) < 4.78 is 0. The van der Waals surface area contributed by atoms with E-state index in [1.54, 1.807) is 0 Å². The van der Waals surface area contributed by atoms with Gasteiger partial charge in [0.05, 0.1) is 6.10 Å². The molecule has 2 nitrogen and oxygen atoms in total. The predicted molar refractivity (Wildman–Crippen MR) is 119 cm³/mol. The fourth-order valence-electron chi connectivity index (χ4n) is 4.86. The van der Waals surface area contributed by atoms with Gasteiger partial charge < -0.3 is 16.9 Å². The van der Waals surface area contributed by atoms with Crippen LogP contribution in [0.3, 0.4) is 0 Å². The van der Waals surface area contributed by atoms with Crippen molar-refractivity contribution in [1.29, 1.82) is 0 Å². The van der Waals surface area contributed by atoms with Crippen molar-refractivity contribution in [1.82, 2.24) is 0 Å². The molecule has 0 spiro atoms. The Morgan fingerprint density at radius 2 is 1.83 bits per heavy atom. The zero-order valence-corrected chi connectivity index (χ0v) is 21.7. The summed E-state index contributed by atoms with van der Waals surface area (Å²) in [5.74, 6) is 1.01. The van der Waals surface area contributed by atoms with Gasteiger partial charge in [0.2, 0.25) is 6.04 Å². The van der Waals surface area contributed by atoms with E-state index in [1.165, 1.54) is 36.8 Å². The molecule has 4 unspecified atom stereocenters. The molecule has 0 aromatic heterocycles. The Hall–Kier alpha value is -0.226. The van der Waals surface area contributed by atoms with Gasteiger partial charge in [-0.2, -0.15) is 6.42 Å². The Morgan fingerprint density at radius 3 is 2.41 bits per heavy atom. The molecular formula is C26H40NOY-. The van der Waals surface area contributed by atoms with E-state index >= 15 is 0 Å². The number of aliphatic hydroxyl groups is 1. The molecule has 1 N–H and O–H groups in total. The van der Waals surface area contributed by atoms with E-state index in [-0.39, 0.29) is 50.3 Å². The molecule has 1 radical (unpaired) electrons. The Bertz CT molecular complexity index is 619. The van der Waals surface area contributed by atoms with E-state index in [0.29, 0.717) is 11.8 Å². The number of hydrogen-bond acceptors (Lipinski definition) is 1. The third-order valence-corrected chi connectivity index (χ3v) is 6.98. The Labute approximate surface area is 205 Å². The minimum atomic E-state index is -0.308. The van der Waals surface area contributed by atoms with Gasteiger partial charge in [-0.3, -0.25) is 0 Å². The molecule has 1 aliphatic rings. The maximum Gasteiger partial charge on any atom is 0.227 e. The minimum absolute atomic E-state index is 0. The fourth-order valence-corrected chi connectivity index (χ4v) is 4.86. The summed E-state index contributed by atoms with van der Waals surface area (Å²) in [5, 5.41) is 10.7. The quantitative estimate of drug-likeness (QED) is 0.271. The van der Waals surface area contributed by atoms with Crippen molar-refractivity contribution in [2.45, 2.75) is 108 Å². The Kier molecular flexibility index (Phi) is 12.2. The second kappa shape index (κ2) is 13.2. The average molecular weight is 472 g/mol. The zero-order valence-electron chi connectivity index (χ0n) is 18.9. The summed E-state index contributed by atoms with van der Waals surface area (Å²) in [6.45, 7) is 18.0. The summed E-state index contributed by atoms with van der Waals surface area (Å²) in [4.78, 5) is 3.96. The van der Waals surface area contributed by atoms with Gasteiger partial charge >= 0.3 is 0 Å². The first kappa shape index (κ1) is 26.8. The van der Waals surface area contributed by atoms with Gasteiger partial charge in [0.15, 0.2) is 0 Å². The Morgan fingerprint density at radius 1 is 1.14 bits per heavy atom. The number of benzene rings is 1. The van der Waals surface area contributed by atoms with Crippen molar-refractivity contribution >= 4 is 0 Å². The van der Waals surface area contributed by atoms with E-state index in [0.717, 1.165) is 38.5 Å². The van der Waals surface area contributed by atoms with Gasteiger partial charge in [-0.15, -0.1) is 0 Å². The first-order chi connectivity index (χ1) is 13.5. The topological polar surface area (TPSA) is 24.6 Å². The maximum atomic E-state index is 10.7. The summed E-state index contributed by atoms with van der Waals surface area (Å²) in [6.07, 6.45) is 10.7. The third kappa shape index (κ3) is 7.16. The van der Waals surface area contributed by atoms with E-state index in [9.17, 15) is 5.11 Å². The van der Waals surface area contributed by atoms with Crippen LogP contribution in [0, 0.1) is 19.4 Å². The zero-order chi connectivity index (χ0) is 20.6. The largest absolute Gasteiger partial charge is 0.392 e. The first-order valence-electron chi connectivity index (χ1n) is 11.4. The standard InChI is InChI=1S/C26H40NO.Y/c1-6-8-10-11-12-23-22(18-19-24(23)27-5)20-14-16-21(17-15-20)26(3,4)25(28)13-9-7-2;/h14-17,22-25,28H,1,6-13,18-19H2,2-4H3;/q-1;. The van der Waals surface area contributed by atoms with Crippen molar-refractivity contribution in [2.75, 3.05) is 0 Å². The maximum absolute atomic E-state index is 10.7. The summed E-state index contributed by atoms with van der Waals surface area (Å²) in [5.41, 5.74) is 2.37. The van der Waals surface area contributed by atoms with Gasteiger partial charge in [-0.1, -0.05) is 77.1 Å². The second-order valence-electron chi connectivity index (χ2n) is 9.25. The van der Waals surface area contributed by atoms with Crippen molar-refractivity contribution in [3.63, 3.8) is 0 Å². The number of hydrogen-bond donors (Lipinski definition) is 1. The van der Waals surface area contributed by atoms with Gasteiger partial charge in [0.1, 0.15) is 0 Å². The van der Waals surface area contributed by atoms with E-state index in [4.69, 9.17) is 6.57 Å². The molecule has 1 aromatic rings. The van der Waals surface area contributed by atoms with Crippen molar-refractivity contribution in [3.05, 3.63) is 53.7 Å². The molecule has 4 atom stereocenters. The number of unbranched alkanes of at least 4 members (excludes halogenated alkanes) is 4. The first-order valence-corrected chi connectivity index (χ1v) is 11.4. The van der Waals surface area contributed by atoms with E-state index < -0.39 is 0 Å². The van der Waals surface area contributed by atoms with Crippen LogP contribution in [0.25, 0.3) is 4.85 Å². The van der Waals surface area contributed by atoms with Gasteiger partial charge in [-0.25, -0.2) is 6.57 Å². The van der Waals surface area contributed by atoms with Crippen LogP contribution in [0.15, 0.2) is 24.3 Å². The van der Waals surface area contributed by atoms with Crippen molar-refractivity contribution < 1.29 is 37.8 Å². The van der Waals surface area contributed by atoms with Gasteiger partial charge in [-0.05, 0) is 36.3 Å². The monoisotopic (exact) mass is 471 g/mol. The SMILES string of the molecule is [C-]#[N+]C1CCC(c2ccc(C(C)(C)C(O)CCCC)cc2)C1CCCCC[CH2-].[Y]. The second-order valence-corrected chi connectivity index (χ2v) is 9.25. The van der Waals surface area contributed by atoms with Gasteiger partial charge in [0.25, 0.3) is 0 Å². The van der Waals surface area contributed by atoms with Crippen LogP contribution in [0.5, 0.6) is 0 Å². The predicted octanol–water partition coefficient (Wildman–Crippen LogP) is 7.08. The number of aliphatic hydroxyl groups excluding tert-OH is 1. The minimum Gasteiger partial charge on any atom is -0.392 e. The van der Waals surface area contributed by atoms with Crippen LogP contribution < -0.4 is 0 Å². The van der Waals surface area contributed by atoms with Crippen LogP contribution in [-0.4, -0.2) is 17.3 Å². The van der Waals surface area contributed by atoms with E-state index in [1.807, 2.05) is 0 Å². The molecule has 0 bridgehead atoms. The van der Waals surface area contributed by atoms with Crippen molar-refractivity contribution in [2.24, 2.45) is 5.92 Å². The van der Waals surface area contributed by atoms with Crippen LogP contribution in [-0.2, 0) is 38.1 Å². The molecule has 1 fully saturated rings. The normalized spacial score (nSPS) is 22.7. The van der Waals surface area contributed by atoms with Crippen LogP contribution >= 0.6 is 0 Å². The van der Waals surface area contributed by atoms with Crippen LogP contribution in [0.1, 0.15) is 102 Å². The average Bonchev–Trinajstić information content (AvgIpc) is 3.12. The molecule has 0 amide bonds.